The Kier molecular flexibility index (Phi) is 6.05. The molecule has 5 aliphatic rings. The van der Waals surface area contributed by atoms with E-state index in [0.29, 0.717) is 30.2 Å². The molecule has 0 spiro atoms. The van der Waals surface area contributed by atoms with Gasteiger partial charge in [0.25, 0.3) is 0 Å². The van der Waals surface area contributed by atoms with Gasteiger partial charge in [-0.05, 0) is 76.3 Å². The maximum absolute atomic E-state index is 13.1. The van der Waals surface area contributed by atoms with Gasteiger partial charge in [-0.1, -0.05) is 12.8 Å². The smallest absolute Gasteiger partial charge is 0.225 e. The molecule has 2 aliphatic carbocycles. The Hall–Kier alpha value is -1.10. The Morgan fingerprint density at radius 1 is 0.963 bits per heavy atom. The highest BCUT2D eigenvalue weighted by molar-refractivity contribution is 5.79. The third kappa shape index (κ3) is 4.49. The zero-order valence-electron chi connectivity index (χ0n) is 17.0. The summed E-state index contributed by atoms with van der Waals surface area (Å²) in [4.78, 5) is 29.9. The van der Waals surface area contributed by atoms with Gasteiger partial charge in [0.1, 0.15) is 0 Å². The molecule has 0 aromatic carbocycles. The molecule has 5 heteroatoms. The average Bonchev–Trinajstić information content (AvgIpc) is 3.21. The first kappa shape index (κ1) is 19.2. The molecular formula is C22H37N3O2. The minimum absolute atomic E-state index is 0.161. The van der Waals surface area contributed by atoms with Crippen molar-refractivity contribution in [1.29, 1.82) is 0 Å². The number of hydrogen-bond donors (Lipinski definition) is 1. The number of carbonyl (C=O) groups is 2. The van der Waals surface area contributed by atoms with Crippen molar-refractivity contribution < 1.29 is 9.59 Å². The summed E-state index contributed by atoms with van der Waals surface area (Å²) in [6, 6.07) is 0.703. The number of amides is 2. The molecule has 1 atom stereocenters. The fraction of sp³-hybridized carbons (Fsp3) is 0.909. The van der Waals surface area contributed by atoms with Crippen molar-refractivity contribution in [3.05, 3.63) is 0 Å². The van der Waals surface area contributed by atoms with Crippen molar-refractivity contribution in [3.8, 4) is 0 Å². The Morgan fingerprint density at radius 2 is 1.63 bits per heavy atom. The number of likely N-dealkylation sites (N-methyl/N-ethyl adjacent to an activating group) is 1. The maximum Gasteiger partial charge on any atom is 0.225 e. The molecule has 152 valence electrons. The van der Waals surface area contributed by atoms with Crippen molar-refractivity contribution in [2.45, 2.75) is 82.7 Å². The van der Waals surface area contributed by atoms with Gasteiger partial charge >= 0.3 is 0 Å². The largest absolute Gasteiger partial charge is 0.353 e. The van der Waals surface area contributed by atoms with Crippen LogP contribution in [0.4, 0.5) is 0 Å². The van der Waals surface area contributed by atoms with E-state index in [0.717, 1.165) is 32.2 Å². The molecule has 3 saturated heterocycles. The van der Waals surface area contributed by atoms with Gasteiger partial charge in [-0.25, -0.2) is 0 Å². The van der Waals surface area contributed by atoms with Crippen molar-refractivity contribution in [3.63, 3.8) is 0 Å². The summed E-state index contributed by atoms with van der Waals surface area (Å²) in [7, 11) is 2.03. The average molecular weight is 376 g/mol. The molecule has 1 unspecified atom stereocenters. The lowest BCUT2D eigenvalue weighted by molar-refractivity contribution is -0.141. The predicted molar refractivity (Wildman–Crippen MR) is 106 cm³/mol. The number of fused-ring (bicyclic) bond motifs is 3. The highest BCUT2D eigenvalue weighted by Gasteiger charge is 2.39. The molecule has 0 aromatic rings. The molecule has 2 saturated carbocycles. The molecule has 3 aliphatic heterocycles. The van der Waals surface area contributed by atoms with E-state index in [1.807, 2.05) is 7.05 Å². The van der Waals surface area contributed by atoms with Crippen molar-refractivity contribution in [2.24, 2.45) is 17.8 Å². The molecule has 2 amide bonds. The van der Waals surface area contributed by atoms with Crippen LogP contribution in [0.15, 0.2) is 0 Å². The summed E-state index contributed by atoms with van der Waals surface area (Å²) in [5.74, 6) is 2.06. The first-order valence-electron chi connectivity index (χ1n) is 11.4. The van der Waals surface area contributed by atoms with E-state index in [9.17, 15) is 9.59 Å². The quantitative estimate of drug-likeness (QED) is 0.804. The zero-order chi connectivity index (χ0) is 18.8. The minimum Gasteiger partial charge on any atom is -0.353 e. The van der Waals surface area contributed by atoms with Gasteiger partial charge < -0.3 is 15.1 Å². The van der Waals surface area contributed by atoms with Crippen LogP contribution in [0.5, 0.6) is 0 Å². The molecule has 5 fully saturated rings. The van der Waals surface area contributed by atoms with Crippen LogP contribution in [-0.2, 0) is 9.59 Å². The molecule has 27 heavy (non-hydrogen) atoms. The minimum atomic E-state index is 0.161. The van der Waals surface area contributed by atoms with E-state index >= 15 is 0 Å². The first-order valence-corrected chi connectivity index (χ1v) is 11.4. The monoisotopic (exact) mass is 375 g/mol. The van der Waals surface area contributed by atoms with Crippen molar-refractivity contribution in [1.82, 2.24) is 15.1 Å². The summed E-state index contributed by atoms with van der Waals surface area (Å²) >= 11 is 0. The number of nitrogens with one attached hydrogen (secondary N) is 1. The standard InChI is InChI=1S/C22H37N3O2/c1-24(20-15-25-12-10-17(20)11-13-25)22(27)18-6-8-19(9-7-18)23-21(26)14-16-4-2-3-5-16/h16-20H,2-15H2,1H3,(H,23,26). The summed E-state index contributed by atoms with van der Waals surface area (Å²) in [5.41, 5.74) is 0. The summed E-state index contributed by atoms with van der Waals surface area (Å²) in [5, 5.41) is 3.25. The molecule has 0 aromatic heterocycles. The van der Waals surface area contributed by atoms with Crippen LogP contribution in [0.1, 0.15) is 70.6 Å². The lowest BCUT2D eigenvalue weighted by Crippen LogP contribution is -2.58. The third-order valence-corrected chi connectivity index (χ3v) is 7.86. The van der Waals surface area contributed by atoms with E-state index in [1.54, 1.807) is 0 Å². The van der Waals surface area contributed by atoms with Crippen LogP contribution >= 0.6 is 0 Å². The van der Waals surface area contributed by atoms with Gasteiger partial charge in [0.15, 0.2) is 0 Å². The van der Waals surface area contributed by atoms with Crippen LogP contribution in [0.2, 0.25) is 0 Å². The highest BCUT2D eigenvalue weighted by Crippen LogP contribution is 2.33. The predicted octanol–water partition coefficient (Wildman–Crippen LogP) is 2.79. The van der Waals surface area contributed by atoms with Crippen LogP contribution < -0.4 is 5.32 Å². The van der Waals surface area contributed by atoms with Crippen LogP contribution in [0.25, 0.3) is 0 Å². The number of piperidine rings is 3. The number of hydrogen-bond acceptors (Lipinski definition) is 3. The Balaban J connectivity index is 1.21. The van der Waals surface area contributed by atoms with E-state index in [1.165, 1.54) is 51.6 Å². The van der Waals surface area contributed by atoms with Gasteiger partial charge in [-0.2, -0.15) is 0 Å². The first-order chi connectivity index (χ1) is 13.1. The SMILES string of the molecule is CN(C(=O)C1CCC(NC(=O)CC2CCCC2)CC1)C1CN2CCC1CC2. The zero-order valence-corrected chi connectivity index (χ0v) is 17.0. The number of nitrogens with zero attached hydrogens (tertiary/aromatic N) is 2. The second-order valence-corrected chi connectivity index (χ2v) is 9.63. The fourth-order valence-electron chi connectivity index (χ4n) is 6.07. The molecule has 0 radical (unpaired) electrons. The van der Waals surface area contributed by atoms with E-state index in [-0.39, 0.29) is 17.9 Å². The summed E-state index contributed by atoms with van der Waals surface area (Å²) < 4.78 is 0. The second-order valence-electron chi connectivity index (χ2n) is 9.63. The lowest BCUT2D eigenvalue weighted by Gasteiger charge is -2.48. The Labute approximate surface area is 164 Å². The summed E-state index contributed by atoms with van der Waals surface area (Å²) in [6.07, 6.45) is 12.0. The van der Waals surface area contributed by atoms with Crippen molar-refractivity contribution in [2.75, 3.05) is 26.7 Å². The number of rotatable bonds is 5. The highest BCUT2D eigenvalue weighted by atomic mass is 16.2. The molecule has 1 N–H and O–H groups in total. The van der Waals surface area contributed by atoms with Crippen LogP contribution in [0, 0.1) is 17.8 Å². The molecule has 5 nitrogen and oxygen atoms in total. The van der Waals surface area contributed by atoms with Gasteiger partial charge in [-0.15, -0.1) is 0 Å². The molecule has 3 heterocycles. The molecule has 5 rings (SSSR count). The van der Waals surface area contributed by atoms with E-state index < -0.39 is 0 Å². The van der Waals surface area contributed by atoms with Crippen molar-refractivity contribution >= 4 is 11.8 Å². The van der Waals surface area contributed by atoms with Gasteiger partial charge in [0.05, 0.1) is 0 Å². The fourth-order valence-corrected chi connectivity index (χ4v) is 6.07. The molecular weight excluding hydrogens is 338 g/mol. The Bertz CT molecular complexity index is 530. The van der Waals surface area contributed by atoms with Gasteiger partial charge in [0.2, 0.25) is 11.8 Å². The normalized spacial score (nSPS) is 36.6. The third-order valence-electron chi connectivity index (χ3n) is 7.86. The number of carbonyl (C=O) groups excluding carboxylic acids is 2. The van der Waals surface area contributed by atoms with Gasteiger partial charge in [-0.3, -0.25) is 9.59 Å². The van der Waals surface area contributed by atoms with E-state index in [2.05, 4.69) is 15.1 Å². The van der Waals surface area contributed by atoms with E-state index in [4.69, 9.17) is 0 Å². The topological polar surface area (TPSA) is 52.7 Å². The lowest BCUT2D eigenvalue weighted by atomic mass is 9.81. The van der Waals surface area contributed by atoms with Gasteiger partial charge in [0, 0.05) is 38.0 Å². The maximum atomic E-state index is 13.1. The van der Waals surface area contributed by atoms with Crippen LogP contribution in [0.3, 0.4) is 0 Å². The second kappa shape index (κ2) is 8.50. The summed E-state index contributed by atoms with van der Waals surface area (Å²) in [6.45, 7) is 3.50. The molecule has 2 bridgehead atoms. The van der Waals surface area contributed by atoms with Crippen LogP contribution in [-0.4, -0.2) is 60.4 Å². The Morgan fingerprint density at radius 3 is 2.22 bits per heavy atom.